The highest BCUT2D eigenvalue weighted by atomic mass is 32.1. The lowest BCUT2D eigenvalue weighted by Gasteiger charge is -2.43. The van der Waals surface area contributed by atoms with Crippen molar-refractivity contribution in [1.29, 1.82) is 0 Å². The first-order valence-electron chi connectivity index (χ1n) is 19.2. The van der Waals surface area contributed by atoms with E-state index in [1.54, 1.807) is 0 Å². The molecule has 3 amide bonds. The Hall–Kier alpha value is -4.43. The molecule has 0 radical (unpaired) electrons. The van der Waals surface area contributed by atoms with Crippen molar-refractivity contribution in [3.8, 4) is 0 Å². The van der Waals surface area contributed by atoms with Crippen LogP contribution in [0.5, 0.6) is 0 Å². The van der Waals surface area contributed by atoms with E-state index in [0.717, 1.165) is 27.2 Å². The van der Waals surface area contributed by atoms with Crippen LogP contribution in [-0.2, 0) is 33.9 Å². The van der Waals surface area contributed by atoms with Crippen LogP contribution in [0.4, 0.5) is 4.79 Å². The first-order valence-corrected chi connectivity index (χ1v) is 20.1. The number of benzene rings is 2. The SMILES string of the molecule is CC(C)c1nc(COC(=O)N[C@H](C(=O)N[C@@H](Cc2ccccc2)[C@H](O)CN2CCN(Cc3ccc4ccccc4n3)C[C@H]2C(=O)NC(C)(C)C)C(C)C)cs1. The van der Waals surface area contributed by atoms with E-state index < -0.39 is 41.8 Å². The number of carbonyl (C=O) groups excluding carboxylic acids is 3. The Labute approximate surface area is 329 Å². The van der Waals surface area contributed by atoms with Gasteiger partial charge in [-0.05, 0) is 50.8 Å². The van der Waals surface area contributed by atoms with E-state index in [1.807, 2.05) is 106 Å². The number of aliphatic hydroxyl groups excluding tert-OH is 1. The monoisotopic (exact) mass is 771 g/mol. The van der Waals surface area contributed by atoms with Gasteiger partial charge in [-0.1, -0.05) is 82.3 Å². The highest BCUT2D eigenvalue weighted by Gasteiger charge is 2.37. The lowest BCUT2D eigenvalue weighted by Crippen LogP contribution is -2.63. The van der Waals surface area contributed by atoms with Crippen molar-refractivity contribution < 1.29 is 24.2 Å². The van der Waals surface area contributed by atoms with E-state index >= 15 is 0 Å². The van der Waals surface area contributed by atoms with Crippen LogP contribution in [0.3, 0.4) is 0 Å². The van der Waals surface area contributed by atoms with Crippen molar-refractivity contribution >= 4 is 40.1 Å². The fourth-order valence-corrected chi connectivity index (χ4v) is 7.47. The summed E-state index contributed by atoms with van der Waals surface area (Å²) in [7, 11) is 0. The van der Waals surface area contributed by atoms with Crippen LogP contribution in [0.25, 0.3) is 10.9 Å². The number of hydrogen-bond donors (Lipinski definition) is 4. The third-order valence-corrected chi connectivity index (χ3v) is 10.8. The summed E-state index contributed by atoms with van der Waals surface area (Å²) in [5, 5.41) is 24.8. The van der Waals surface area contributed by atoms with E-state index in [-0.39, 0.29) is 30.9 Å². The number of para-hydroxylation sites is 1. The minimum absolute atomic E-state index is 0.00712. The maximum absolute atomic E-state index is 13.9. The number of hydrogen-bond acceptors (Lipinski definition) is 10. The lowest BCUT2D eigenvalue weighted by atomic mass is 9.97. The number of β-amino-alcohol motifs (C(OH)–C–C–N with tert-alkyl or cyclic N) is 1. The number of nitrogens with zero attached hydrogens (tertiary/aromatic N) is 4. The van der Waals surface area contributed by atoms with Crippen LogP contribution in [0, 0.1) is 5.92 Å². The largest absolute Gasteiger partial charge is 0.443 e. The number of aromatic nitrogens is 2. The molecule has 0 aliphatic carbocycles. The van der Waals surface area contributed by atoms with Gasteiger partial charge in [0.05, 0.1) is 34.1 Å². The van der Waals surface area contributed by atoms with Crippen molar-refractivity contribution in [2.45, 2.75) is 104 Å². The summed E-state index contributed by atoms with van der Waals surface area (Å²) in [5.41, 5.74) is 2.98. The highest BCUT2D eigenvalue weighted by Crippen LogP contribution is 2.21. The van der Waals surface area contributed by atoms with Gasteiger partial charge in [-0.15, -0.1) is 11.3 Å². The Morgan fingerprint density at radius 1 is 0.927 bits per heavy atom. The molecule has 0 saturated carbocycles. The number of carbonyl (C=O) groups is 3. The summed E-state index contributed by atoms with van der Waals surface area (Å²) in [6.45, 7) is 16.0. The molecule has 13 heteroatoms. The van der Waals surface area contributed by atoms with E-state index in [9.17, 15) is 19.5 Å². The molecule has 1 aliphatic heterocycles. The van der Waals surface area contributed by atoms with Crippen molar-refractivity contribution in [1.82, 2.24) is 35.7 Å². The van der Waals surface area contributed by atoms with Crippen LogP contribution >= 0.6 is 11.3 Å². The molecule has 1 fully saturated rings. The van der Waals surface area contributed by atoms with Gasteiger partial charge in [0, 0.05) is 54.9 Å². The number of thiazole rings is 1. The molecule has 0 unspecified atom stereocenters. The third kappa shape index (κ3) is 12.3. The van der Waals surface area contributed by atoms with E-state index in [2.05, 4.69) is 45.7 Å². The van der Waals surface area contributed by atoms with Crippen molar-refractivity contribution in [2.75, 3.05) is 26.2 Å². The third-order valence-electron chi connectivity index (χ3n) is 9.57. The topological polar surface area (TPSA) is 149 Å². The molecule has 0 spiro atoms. The molecule has 5 rings (SSSR count). The Morgan fingerprint density at radius 2 is 1.65 bits per heavy atom. The lowest BCUT2D eigenvalue weighted by molar-refractivity contribution is -0.132. The standard InChI is InChI=1S/C42H57N7O5S/c1-27(2)37(46-41(53)54-25-32-26-55-40(44-32)28(3)4)39(52)45-34(21-29-13-9-8-10-14-29)36(50)24-49-20-19-48(23-35(49)38(51)47-42(5,6)7)22-31-18-17-30-15-11-12-16-33(30)43-31/h8-18,26-28,34-37,50H,19-25H2,1-7H3,(H,45,52)(H,46,53)(H,47,51)/t34-,35-,36+,37-/m0/s1. The number of ether oxygens (including phenoxy) is 1. The van der Waals surface area contributed by atoms with Crippen LogP contribution in [0.15, 0.2) is 72.1 Å². The smallest absolute Gasteiger partial charge is 0.408 e. The Kier molecular flexibility index (Phi) is 14.4. The van der Waals surface area contributed by atoms with Crippen LogP contribution in [-0.4, -0.2) is 98.7 Å². The fourth-order valence-electron chi connectivity index (χ4n) is 6.65. The molecule has 2 aromatic heterocycles. The van der Waals surface area contributed by atoms with Gasteiger partial charge >= 0.3 is 6.09 Å². The zero-order chi connectivity index (χ0) is 39.7. The Morgan fingerprint density at radius 3 is 2.35 bits per heavy atom. The molecule has 1 saturated heterocycles. The molecule has 2 aromatic carbocycles. The second-order valence-electron chi connectivity index (χ2n) is 16.1. The van der Waals surface area contributed by atoms with Gasteiger partial charge in [0.1, 0.15) is 18.7 Å². The second kappa shape index (κ2) is 18.9. The molecular formula is C42H57N7O5S. The molecule has 4 N–H and O–H groups in total. The number of fused-ring (bicyclic) bond motifs is 1. The first kappa shape index (κ1) is 41.7. The summed E-state index contributed by atoms with van der Waals surface area (Å²) in [6.07, 6.45) is -1.42. The minimum Gasteiger partial charge on any atom is -0.443 e. The van der Waals surface area contributed by atoms with Crippen LogP contribution in [0.1, 0.15) is 76.3 Å². The van der Waals surface area contributed by atoms with Gasteiger partial charge in [-0.25, -0.2) is 9.78 Å². The highest BCUT2D eigenvalue weighted by molar-refractivity contribution is 7.09. The maximum atomic E-state index is 13.9. The van der Waals surface area contributed by atoms with Crippen LogP contribution in [0.2, 0.25) is 0 Å². The fraction of sp³-hybridized carbons (Fsp3) is 0.500. The number of amides is 3. The Bertz CT molecular complexity index is 1880. The molecule has 12 nitrogen and oxygen atoms in total. The molecule has 4 atom stereocenters. The molecule has 4 aromatic rings. The van der Waals surface area contributed by atoms with Crippen molar-refractivity contribution in [3.05, 3.63) is 94.1 Å². The summed E-state index contributed by atoms with van der Waals surface area (Å²) in [4.78, 5) is 54.3. The van der Waals surface area contributed by atoms with Gasteiger partial charge in [-0.3, -0.25) is 24.4 Å². The van der Waals surface area contributed by atoms with Gasteiger partial charge < -0.3 is 25.8 Å². The quantitative estimate of drug-likeness (QED) is 0.127. The summed E-state index contributed by atoms with van der Waals surface area (Å²) >= 11 is 1.52. The maximum Gasteiger partial charge on any atom is 0.408 e. The minimum atomic E-state index is -1.04. The zero-order valence-corrected chi connectivity index (χ0v) is 33.9. The van der Waals surface area contributed by atoms with Gasteiger partial charge in [0.15, 0.2) is 0 Å². The van der Waals surface area contributed by atoms with Gasteiger partial charge in [-0.2, -0.15) is 0 Å². The molecule has 55 heavy (non-hydrogen) atoms. The Balaban J connectivity index is 1.28. The molecular weight excluding hydrogens is 715 g/mol. The molecule has 0 bridgehead atoms. The number of rotatable bonds is 15. The van der Waals surface area contributed by atoms with Gasteiger partial charge in [0.25, 0.3) is 0 Å². The van der Waals surface area contributed by atoms with Gasteiger partial charge in [0.2, 0.25) is 11.8 Å². The number of pyridine rings is 1. The number of aliphatic hydroxyl groups is 1. The summed E-state index contributed by atoms with van der Waals surface area (Å²) in [6, 6.07) is 19.6. The van der Waals surface area contributed by atoms with Crippen molar-refractivity contribution in [3.63, 3.8) is 0 Å². The predicted octanol–water partition coefficient (Wildman–Crippen LogP) is 5.26. The normalized spacial score (nSPS) is 17.2. The summed E-state index contributed by atoms with van der Waals surface area (Å²) < 4.78 is 5.45. The van der Waals surface area contributed by atoms with Crippen molar-refractivity contribution in [2.24, 2.45) is 5.92 Å². The molecule has 1 aliphatic rings. The second-order valence-corrected chi connectivity index (χ2v) is 17.0. The first-order chi connectivity index (χ1) is 26.1. The predicted molar refractivity (Wildman–Crippen MR) is 217 cm³/mol. The number of piperazine rings is 1. The number of nitrogens with one attached hydrogen (secondary N) is 3. The zero-order valence-electron chi connectivity index (χ0n) is 33.1. The average Bonchev–Trinajstić information content (AvgIpc) is 3.62. The molecule has 296 valence electrons. The van der Waals surface area contributed by atoms with Crippen LogP contribution < -0.4 is 16.0 Å². The van der Waals surface area contributed by atoms with E-state index in [4.69, 9.17) is 9.72 Å². The van der Waals surface area contributed by atoms with E-state index in [0.29, 0.717) is 38.3 Å². The van der Waals surface area contributed by atoms with E-state index in [1.165, 1.54) is 11.3 Å². The molecule has 3 heterocycles. The number of alkyl carbamates (subject to hydrolysis) is 1. The average molecular weight is 772 g/mol. The summed E-state index contributed by atoms with van der Waals surface area (Å²) in [5.74, 6) is -0.558.